The van der Waals surface area contributed by atoms with Gasteiger partial charge < -0.3 is 24.4 Å². The molecule has 61 heavy (non-hydrogen) atoms. The van der Waals surface area contributed by atoms with Crippen LogP contribution in [-0.2, 0) is 32.1 Å². The standard InChI is InChI=1S/C51H58N4O6/c1-28(2)48(54-51(58)60-6)49(56)47-29(3)12-15-38(47)43-21-35(24-52-43)33-13-16-37-36(19-33)27-61-46-23-39-34(20-41(37)46)14-17-42-40(39)22-44(53-42)45-18-31(26-59-5)25-55(45)50(57)30(4)32-10-8-7-9-11-32/h7-11,13,16,19-20,23-24,28-31,38,45,47-48H,12,14-15,17-18,21-22,25-27H2,1-6H3,(H,54,58)/t29-,30+,31-,38-,45-,47?,48-/m0/s1. The molecule has 10 heteroatoms. The molecule has 3 aromatic carbocycles. The zero-order chi connectivity index (χ0) is 42.5. The van der Waals surface area contributed by atoms with Crippen LogP contribution >= 0.6 is 0 Å². The molecule has 0 radical (unpaired) electrons. The molecule has 0 spiro atoms. The minimum atomic E-state index is -0.602. The Bertz CT molecular complexity index is 2380. The molecule has 4 heterocycles. The number of aliphatic imine (C=N–C) groups is 2. The fraction of sp³-hybridized carbons (Fsp3) is 0.471. The largest absolute Gasteiger partial charge is 0.488 e. The number of nitrogens with one attached hydrogen (secondary N) is 1. The first kappa shape index (κ1) is 41.0. The van der Waals surface area contributed by atoms with E-state index in [4.69, 9.17) is 24.2 Å². The van der Waals surface area contributed by atoms with E-state index < -0.39 is 12.1 Å². The average Bonchev–Trinajstić information content (AvgIpc) is 4.10. The molecule has 10 nitrogen and oxygen atoms in total. The van der Waals surface area contributed by atoms with Crippen LogP contribution in [0.3, 0.4) is 0 Å². The Kier molecular flexibility index (Phi) is 11.3. The number of ether oxygens (including phenoxy) is 3. The van der Waals surface area contributed by atoms with Gasteiger partial charge in [0.25, 0.3) is 0 Å². The van der Waals surface area contributed by atoms with Gasteiger partial charge >= 0.3 is 6.09 Å². The van der Waals surface area contributed by atoms with Crippen molar-refractivity contribution in [2.24, 2.45) is 39.6 Å². The molecule has 1 N–H and O–H groups in total. The summed E-state index contributed by atoms with van der Waals surface area (Å²) in [5.41, 5.74) is 13.9. The smallest absolute Gasteiger partial charge is 0.407 e. The zero-order valence-electron chi connectivity index (χ0n) is 36.3. The van der Waals surface area contributed by atoms with E-state index in [1.54, 1.807) is 7.11 Å². The van der Waals surface area contributed by atoms with E-state index in [0.717, 1.165) is 89.2 Å². The summed E-state index contributed by atoms with van der Waals surface area (Å²) in [4.78, 5) is 52.5. The van der Waals surface area contributed by atoms with Crippen LogP contribution in [0, 0.1) is 29.6 Å². The molecule has 3 aromatic rings. The van der Waals surface area contributed by atoms with Crippen molar-refractivity contribution < 1.29 is 28.6 Å². The topological polar surface area (TPSA) is 119 Å². The van der Waals surface area contributed by atoms with Crippen LogP contribution in [0.2, 0.25) is 0 Å². The molecular formula is C51H58N4O6. The first-order valence-corrected chi connectivity index (χ1v) is 22.2. The Balaban J connectivity index is 0.897. The fourth-order valence-corrected chi connectivity index (χ4v) is 11.1. The number of benzene rings is 3. The fourth-order valence-electron chi connectivity index (χ4n) is 11.1. The van der Waals surface area contributed by atoms with Gasteiger partial charge in [0.1, 0.15) is 12.4 Å². The van der Waals surface area contributed by atoms with E-state index in [2.05, 4.69) is 47.5 Å². The molecule has 0 bridgehead atoms. The number of methoxy groups -OCH3 is 2. The number of ketones is 1. The summed E-state index contributed by atoms with van der Waals surface area (Å²) >= 11 is 0. The van der Waals surface area contributed by atoms with Gasteiger partial charge in [0.15, 0.2) is 5.78 Å². The molecule has 1 saturated heterocycles. The van der Waals surface area contributed by atoms with E-state index in [1.165, 1.54) is 29.4 Å². The maximum absolute atomic E-state index is 14.1. The number of carbonyl (C=O) groups excluding carboxylic acids is 3. The monoisotopic (exact) mass is 822 g/mol. The number of likely N-dealkylation sites (tertiary alicyclic amines) is 1. The summed E-state index contributed by atoms with van der Waals surface area (Å²) in [7, 11) is 3.07. The lowest BCUT2D eigenvalue weighted by Crippen LogP contribution is -2.49. The number of alkyl carbamates (subject to hydrolysis) is 1. The van der Waals surface area contributed by atoms with Crippen LogP contribution in [0.4, 0.5) is 4.79 Å². The van der Waals surface area contributed by atoms with Gasteiger partial charge in [0.05, 0.1) is 31.7 Å². The van der Waals surface area contributed by atoms with Gasteiger partial charge in [-0.15, -0.1) is 0 Å². The van der Waals surface area contributed by atoms with Gasteiger partial charge in [-0.1, -0.05) is 63.2 Å². The predicted octanol–water partition coefficient (Wildman–Crippen LogP) is 9.21. The minimum Gasteiger partial charge on any atom is -0.488 e. The Labute approximate surface area is 359 Å². The van der Waals surface area contributed by atoms with Crippen LogP contribution in [-0.4, -0.2) is 73.6 Å². The van der Waals surface area contributed by atoms with E-state index in [-0.39, 0.29) is 53.2 Å². The summed E-state index contributed by atoms with van der Waals surface area (Å²) in [6.45, 7) is 9.87. The predicted molar refractivity (Wildman–Crippen MR) is 238 cm³/mol. The van der Waals surface area contributed by atoms with Gasteiger partial charge in [-0.25, -0.2) is 4.79 Å². The van der Waals surface area contributed by atoms with E-state index >= 15 is 0 Å². The summed E-state index contributed by atoms with van der Waals surface area (Å²) in [5, 5.41) is 2.80. The van der Waals surface area contributed by atoms with Crippen molar-refractivity contribution in [3.05, 3.63) is 100 Å². The highest BCUT2D eigenvalue weighted by atomic mass is 16.5. The maximum atomic E-state index is 14.1. The lowest BCUT2D eigenvalue weighted by molar-refractivity contribution is -0.132. The molecule has 0 aromatic heterocycles. The Hall–Kier alpha value is -5.35. The molecule has 1 saturated carbocycles. The second-order valence-electron chi connectivity index (χ2n) is 18.5. The third-order valence-electron chi connectivity index (χ3n) is 14.3. The molecular weight excluding hydrogens is 765 g/mol. The summed E-state index contributed by atoms with van der Waals surface area (Å²) in [5.74, 6) is 1.16. The van der Waals surface area contributed by atoms with Crippen molar-refractivity contribution in [2.45, 2.75) is 97.2 Å². The van der Waals surface area contributed by atoms with Crippen molar-refractivity contribution in [3.8, 4) is 16.9 Å². The number of allylic oxidation sites excluding steroid dienone is 3. The van der Waals surface area contributed by atoms with Crippen molar-refractivity contribution >= 4 is 40.4 Å². The third kappa shape index (κ3) is 7.66. The summed E-state index contributed by atoms with van der Waals surface area (Å²) in [6.07, 6.45) is 7.35. The quantitative estimate of drug-likeness (QED) is 0.206. The lowest BCUT2D eigenvalue weighted by Gasteiger charge is -2.29. The number of carbonyl (C=O) groups is 3. The maximum Gasteiger partial charge on any atom is 0.407 e. The highest BCUT2D eigenvalue weighted by Crippen LogP contribution is 2.48. The molecule has 2 fully saturated rings. The molecule has 2 aliphatic carbocycles. The molecule has 6 aliphatic rings. The molecule has 7 atom stereocenters. The average molecular weight is 823 g/mol. The second-order valence-corrected chi connectivity index (χ2v) is 18.5. The van der Waals surface area contributed by atoms with E-state index in [0.29, 0.717) is 26.2 Å². The Morgan fingerprint density at radius 3 is 2.51 bits per heavy atom. The van der Waals surface area contributed by atoms with E-state index in [9.17, 15) is 14.4 Å². The number of hydrogen-bond acceptors (Lipinski definition) is 8. The molecule has 1 unspecified atom stereocenters. The number of amides is 2. The molecule has 9 rings (SSSR count). The first-order valence-electron chi connectivity index (χ1n) is 22.2. The van der Waals surface area contributed by atoms with Crippen molar-refractivity contribution in [1.29, 1.82) is 0 Å². The minimum absolute atomic E-state index is 0.0440. The van der Waals surface area contributed by atoms with Crippen LogP contribution in [0.15, 0.2) is 82.5 Å². The van der Waals surface area contributed by atoms with E-state index in [1.807, 2.05) is 57.3 Å². The molecule has 2 amide bonds. The third-order valence-corrected chi connectivity index (χ3v) is 14.3. The highest BCUT2D eigenvalue weighted by molar-refractivity contribution is 6.06. The van der Waals surface area contributed by atoms with Gasteiger partial charge in [-0.2, -0.15) is 0 Å². The number of Topliss-reactive ketones (excluding diaryl/α,β-unsaturated/α-hetero) is 1. The number of hydrogen-bond donors (Lipinski definition) is 1. The SMILES string of the molecule is COC[C@H]1C[C@@H](C2=NC3=C(C2)c2cc4c(cc2CC3)-c2ccc(C3=CN=C([C@@H]5CC[C@H](C)C5C(=O)[C@@H](NC(=O)OC)C(C)C)C3)cc2CO4)N(C(=O)[C@H](C)c2ccccc2)C1. The number of fused-ring (bicyclic) bond motifs is 5. The van der Waals surface area contributed by atoms with Gasteiger partial charge in [-0.3, -0.25) is 19.6 Å². The number of nitrogens with zero attached hydrogens (tertiary/aromatic N) is 3. The van der Waals surface area contributed by atoms with Gasteiger partial charge in [0, 0.05) is 73.1 Å². The molecule has 4 aliphatic heterocycles. The van der Waals surface area contributed by atoms with Crippen molar-refractivity contribution in [1.82, 2.24) is 10.2 Å². The first-order chi connectivity index (χ1) is 29.5. The zero-order valence-corrected chi connectivity index (χ0v) is 36.3. The van der Waals surface area contributed by atoms with Gasteiger partial charge in [0.2, 0.25) is 5.91 Å². The number of rotatable bonds is 11. The number of aryl methyl sites for hydroxylation is 1. The van der Waals surface area contributed by atoms with Crippen LogP contribution < -0.4 is 10.1 Å². The van der Waals surface area contributed by atoms with Gasteiger partial charge in [-0.05, 0) is 114 Å². The van der Waals surface area contributed by atoms with Crippen LogP contribution in [0.1, 0.15) is 100.0 Å². The Morgan fingerprint density at radius 1 is 0.918 bits per heavy atom. The lowest BCUT2D eigenvalue weighted by atomic mass is 9.78. The van der Waals surface area contributed by atoms with Crippen LogP contribution in [0.25, 0.3) is 22.3 Å². The summed E-state index contributed by atoms with van der Waals surface area (Å²) < 4.78 is 17.0. The Morgan fingerprint density at radius 2 is 1.74 bits per heavy atom. The van der Waals surface area contributed by atoms with Crippen molar-refractivity contribution in [2.75, 3.05) is 27.4 Å². The van der Waals surface area contributed by atoms with Crippen molar-refractivity contribution in [3.63, 3.8) is 0 Å². The molecule has 318 valence electrons. The highest BCUT2D eigenvalue weighted by Gasteiger charge is 2.45. The normalized spacial score (nSPS) is 24.8. The van der Waals surface area contributed by atoms with Crippen LogP contribution in [0.5, 0.6) is 5.75 Å². The second kappa shape index (κ2) is 16.8. The summed E-state index contributed by atoms with van der Waals surface area (Å²) in [6, 6.07) is 20.7.